The van der Waals surface area contributed by atoms with Gasteiger partial charge in [-0.05, 0) is 12.0 Å². The standard InChI is InChI=1S/C20H34N2O4.2BrH/c1-21(2,11-13-23)15-19(25)10-7-17-5-8-18(9-6-17)20(26)16-22(3,4)12-14-24;;/h5-6,8-9,23-24H,7,10-16H2,1-4H3;2*1H/q+2;;/p-2. The van der Waals surface area contributed by atoms with Crippen LogP contribution < -0.4 is 34.0 Å². The van der Waals surface area contributed by atoms with E-state index in [2.05, 4.69) is 0 Å². The van der Waals surface area contributed by atoms with E-state index in [4.69, 9.17) is 10.2 Å². The second-order valence-corrected chi connectivity index (χ2v) is 8.24. The quantitative estimate of drug-likeness (QED) is 0.211. The van der Waals surface area contributed by atoms with Gasteiger partial charge in [-0.25, -0.2) is 0 Å². The lowest BCUT2D eigenvalue weighted by atomic mass is 10.0. The van der Waals surface area contributed by atoms with E-state index in [1.165, 1.54) is 0 Å². The van der Waals surface area contributed by atoms with Crippen LogP contribution in [0.2, 0.25) is 0 Å². The van der Waals surface area contributed by atoms with Crippen LogP contribution in [0.1, 0.15) is 22.3 Å². The lowest BCUT2D eigenvalue weighted by Gasteiger charge is -2.28. The number of hydrogen-bond donors (Lipinski definition) is 2. The van der Waals surface area contributed by atoms with Gasteiger partial charge >= 0.3 is 0 Å². The number of carbonyl (C=O) groups is 2. The molecule has 0 fully saturated rings. The van der Waals surface area contributed by atoms with Crippen molar-refractivity contribution >= 4 is 11.6 Å². The van der Waals surface area contributed by atoms with Gasteiger partial charge in [-0.1, -0.05) is 24.3 Å². The minimum Gasteiger partial charge on any atom is -1.00 e. The Labute approximate surface area is 189 Å². The van der Waals surface area contributed by atoms with Crippen LogP contribution in [0.5, 0.6) is 0 Å². The lowest BCUT2D eigenvalue weighted by Crippen LogP contribution is -3.00. The molecular weight excluding hydrogens is 492 g/mol. The van der Waals surface area contributed by atoms with Crippen molar-refractivity contribution in [2.45, 2.75) is 12.8 Å². The van der Waals surface area contributed by atoms with E-state index in [1.54, 1.807) is 0 Å². The molecule has 1 aromatic rings. The molecule has 0 aromatic heterocycles. The third kappa shape index (κ3) is 11.4. The Morgan fingerprint density at radius 2 is 1.29 bits per heavy atom. The Morgan fingerprint density at radius 1 is 0.821 bits per heavy atom. The van der Waals surface area contributed by atoms with E-state index in [0.717, 1.165) is 5.56 Å². The Kier molecular flexibility index (Phi) is 14.3. The normalized spacial score (nSPS) is 11.4. The summed E-state index contributed by atoms with van der Waals surface area (Å²) in [5, 5.41) is 18.1. The molecule has 6 nitrogen and oxygen atoms in total. The topological polar surface area (TPSA) is 74.6 Å². The van der Waals surface area contributed by atoms with Gasteiger partial charge in [-0.2, -0.15) is 0 Å². The van der Waals surface area contributed by atoms with Crippen LogP contribution in [0.4, 0.5) is 0 Å². The number of aliphatic hydroxyl groups is 2. The molecule has 162 valence electrons. The molecule has 0 unspecified atom stereocenters. The van der Waals surface area contributed by atoms with Crippen LogP contribution in [-0.4, -0.2) is 98.3 Å². The van der Waals surface area contributed by atoms with Crippen LogP contribution >= 0.6 is 0 Å². The number of benzene rings is 1. The summed E-state index contributed by atoms with van der Waals surface area (Å²) in [5.41, 5.74) is 1.69. The van der Waals surface area contributed by atoms with Crippen molar-refractivity contribution in [1.29, 1.82) is 0 Å². The fourth-order valence-electron chi connectivity index (χ4n) is 2.88. The van der Waals surface area contributed by atoms with Gasteiger partial charge in [0.15, 0.2) is 5.78 Å². The van der Waals surface area contributed by atoms with Crippen molar-refractivity contribution in [2.24, 2.45) is 0 Å². The second kappa shape index (κ2) is 13.6. The molecule has 1 aromatic carbocycles. The number of aryl methyl sites for hydroxylation is 1. The van der Waals surface area contributed by atoms with Crippen molar-refractivity contribution in [3.63, 3.8) is 0 Å². The number of hydrogen-bond acceptors (Lipinski definition) is 4. The Balaban J connectivity index is 0. The van der Waals surface area contributed by atoms with E-state index in [0.29, 0.717) is 53.6 Å². The largest absolute Gasteiger partial charge is 1.00 e. The van der Waals surface area contributed by atoms with E-state index in [1.807, 2.05) is 52.5 Å². The first-order valence-corrected chi connectivity index (χ1v) is 9.08. The number of Topliss-reactive ketones (excluding diaryl/α,β-unsaturated/α-hetero) is 2. The number of carbonyl (C=O) groups excluding carboxylic acids is 2. The summed E-state index contributed by atoms with van der Waals surface area (Å²) in [6, 6.07) is 7.43. The van der Waals surface area contributed by atoms with Gasteiger partial charge < -0.3 is 53.1 Å². The maximum absolute atomic E-state index is 12.4. The molecule has 1 rings (SSSR count). The van der Waals surface area contributed by atoms with Crippen LogP contribution in [-0.2, 0) is 11.2 Å². The summed E-state index contributed by atoms with van der Waals surface area (Å²) >= 11 is 0. The van der Waals surface area contributed by atoms with Crippen LogP contribution in [0, 0.1) is 0 Å². The molecule has 8 heteroatoms. The number of aliphatic hydroxyl groups excluding tert-OH is 2. The summed E-state index contributed by atoms with van der Waals surface area (Å²) in [5.74, 6) is 0.223. The molecule has 0 bridgehead atoms. The zero-order chi connectivity index (χ0) is 19.8. The van der Waals surface area contributed by atoms with Gasteiger partial charge in [0.05, 0.1) is 41.4 Å². The maximum atomic E-state index is 12.4. The number of nitrogens with zero attached hydrogens (tertiary/aromatic N) is 2. The van der Waals surface area contributed by atoms with E-state index < -0.39 is 0 Å². The van der Waals surface area contributed by atoms with Crippen LogP contribution in [0.25, 0.3) is 0 Å². The van der Waals surface area contributed by atoms with Crippen molar-refractivity contribution < 1.29 is 62.7 Å². The SMILES string of the molecule is C[N+](C)(CCO)CC(=O)CCc1ccc(C(=O)C[N+](C)(C)CCO)cc1.[Br-].[Br-]. The highest BCUT2D eigenvalue weighted by Gasteiger charge is 2.21. The predicted octanol–water partition coefficient (Wildman–Crippen LogP) is -5.48. The number of ketones is 2. The number of quaternary nitrogens is 2. The highest BCUT2D eigenvalue weighted by Crippen LogP contribution is 2.10. The summed E-state index contributed by atoms with van der Waals surface area (Å²) in [4.78, 5) is 24.5. The summed E-state index contributed by atoms with van der Waals surface area (Å²) in [6.07, 6.45) is 1.11. The highest BCUT2D eigenvalue weighted by molar-refractivity contribution is 5.97. The smallest absolute Gasteiger partial charge is 0.216 e. The molecular formula is C20H34Br2N2O4. The first-order chi connectivity index (χ1) is 12.1. The molecule has 0 heterocycles. The highest BCUT2D eigenvalue weighted by atomic mass is 79.9. The zero-order valence-electron chi connectivity index (χ0n) is 17.3. The molecule has 0 atom stereocenters. The monoisotopic (exact) mass is 524 g/mol. The maximum Gasteiger partial charge on any atom is 0.216 e. The minimum absolute atomic E-state index is 0. The molecule has 28 heavy (non-hydrogen) atoms. The molecule has 0 spiro atoms. The van der Waals surface area contributed by atoms with E-state index >= 15 is 0 Å². The first kappa shape index (κ1) is 29.6. The third-order valence-electron chi connectivity index (χ3n) is 4.56. The van der Waals surface area contributed by atoms with Gasteiger partial charge in [-0.3, -0.25) is 9.59 Å². The van der Waals surface area contributed by atoms with Crippen LogP contribution in [0.3, 0.4) is 0 Å². The fourth-order valence-corrected chi connectivity index (χ4v) is 2.88. The molecule has 0 radical (unpaired) electrons. The summed E-state index contributed by atoms with van der Waals surface area (Å²) in [7, 11) is 7.71. The van der Waals surface area contributed by atoms with Crippen molar-refractivity contribution in [3.8, 4) is 0 Å². The molecule has 0 aliphatic heterocycles. The third-order valence-corrected chi connectivity index (χ3v) is 4.56. The predicted molar refractivity (Wildman–Crippen MR) is 102 cm³/mol. The molecule has 0 aliphatic carbocycles. The minimum atomic E-state index is 0. The lowest BCUT2D eigenvalue weighted by molar-refractivity contribution is -0.882. The summed E-state index contributed by atoms with van der Waals surface area (Å²) < 4.78 is 0.943. The van der Waals surface area contributed by atoms with Crippen LogP contribution in [0.15, 0.2) is 24.3 Å². The van der Waals surface area contributed by atoms with E-state index in [9.17, 15) is 9.59 Å². The second-order valence-electron chi connectivity index (χ2n) is 8.24. The van der Waals surface area contributed by atoms with E-state index in [-0.39, 0.29) is 58.7 Å². The zero-order valence-corrected chi connectivity index (χ0v) is 20.5. The Hall–Kier alpha value is -0.640. The molecule has 0 saturated heterocycles. The van der Waals surface area contributed by atoms with Gasteiger partial charge in [-0.15, -0.1) is 0 Å². The van der Waals surface area contributed by atoms with Gasteiger partial charge in [0.25, 0.3) is 0 Å². The van der Waals surface area contributed by atoms with Gasteiger partial charge in [0.1, 0.15) is 26.2 Å². The fraction of sp³-hybridized carbons (Fsp3) is 0.600. The molecule has 0 aliphatic rings. The summed E-state index contributed by atoms with van der Waals surface area (Å²) in [6.45, 7) is 1.99. The average molecular weight is 526 g/mol. The molecule has 0 saturated carbocycles. The van der Waals surface area contributed by atoms with Crippen molar-refractivity contribution in [1.82, 2.24) is 0 Å². The Bertz CT molecular complexity index is 605. The molecule has 2 N–H and O–H groups in total. The van der Waals surface area contributed by atoms with Crippen molar-refractivity contribution in [3.05, 3.63) is 35.4 Å². The van der Waals surface area contributed by atoms with Crippen molar-refractivity contribution in [2.75, 3.05) is 67.6 Å². The van der Waals surface area contributed by atoms with Gasteiger partial charge in [0, 0.05) is 12.0 Å². The first-order valence-electron chi connectivity index (χ1n) is 9.08. The molecule has 0 amide bonds. The number of halogens is 2. The number of likely N-dealkylation sites (N-methyl/N-ethyl adjacent to an activating group) is 2. The number of rotatable bonds is 12. The average Bonchev–Trinajstić information content (AvgIpc) is 2.52. The Morgan fingerprint density at radius 3 is 1.75 bits per heavy atom. The van der Waals surface area contributed by atoms with Gasteiger partial charge in [0.2, 0.25) is 5.78 Å².